The van der Waals surface area contributed by atoms with E-state index in [-0.39, 0.29) is 0 Å². The molecule has 1 unspecified atom stereocenters. The SMILES string of the molecule is CC(C)(C)CC1C=Cc2c1ccc1ccccc21. The van der Waals surface area contributed by atoms with Crippen LogP contribution in [0.3, 0.4) is 0 Å². The van der Waals surface area contributed by atoms with Gasteiger partial charge < -0.3 is 0 Å². The summed E-state index contributed by atoms with van der Waals surface area (Å²) in [6.07, 6.45) is 5.91. The molecule has 0 spiro atoms. The Morgan fingerprint density at radius 3 is 2.56 bits per heavy atom. The van der Waals surface area contributed by atoms with Crippen molar-refractivity contribution in [3.8, 4) is 0 Å². The first-order valence-electron chi connectivity index (χ1n) is 6.74. The number of fused-ring (bicyclic) bond motifs is 3. The lowest BCUT2D eigenvalue weighted by molar-refractivity contribution is 0.362. The number of allylic oxidation sites excluding steroid dienone is 1. The van der Waals surface area contributed by atoms with Gasteiger partial charge in [0.2, 0.25) is 0 Å². The van der Waals surface area contributed by atoms with Gasteiger partial charge in [-0.05, 0) is 33.7 Å². The van der Waals surface area contributed by atoms with Crippen molar-refractivity contribution in [1.82, 2.24) is 0 Å². The lowest BCUT2D eigenvalue weighted by Gasteiger charge is -2.23. The summed E-state index contributed by atoms with van der Waals surface area (Å²) >= 11 is 0. The minimum atomic E-state index is 0.377. The van der Waals surface area contributed by atoms with Crippen LogP contribution in [0.1, 0.15) is 44.2 Å². The molecule has 1 aliphatic carbocycles. The van der Waals surface area contributed by atoms with Crippen molar-refractivity contribution in [2.24, 2.45) is 5.41 Å². The molecule has 1 atom stereocenters. The van der Waals surface area contributed by atoms with Gasteiger partial charge in [0.25, 0.3) is 0 Å². The highest BCUT2D eigenvalue weighted by Gasteiger charge is 2.23. The van der Waals surface area contributed by atoms with Crippen LogP contribution in [0, 0.1) is 5.41 Å². The minimum absolute atomic E-state index is 0.377. The third kappa shape index (κ3) is 1.96. The molecule has 0 fully saturated rings. The van der Waals surface area contributed by atoms with Crippen LogP contribution in [0.15, 0.2) is 42.5 Å². The molecule has 2 aromatic rings. The fourth-order valence-electron chi connectivity index (χ4n) is 2.98. The summed E-state index contributed by atoms with van der Waals surface area (Å²) in [6.45, 7) is 6.96. The summed E-state index contributed by atoms with van der Waals surface area (Å²) < 4.78 is 0. The molecular formula is C18H20. The lowest BCUT2D eigenvalue weighted by atomic mass is 9.82. The summed E-state index contributed by atoms with van der Waals surface area (Å²) in [5, 5.41) is 2.74. The zero-order chi connectivity index (χ0) is 12.8. The van der Waals surface area contributed by atoms with Crippen molar-refractivity contribution in [3.05, 3.63) is 53.6 Å². The van der Waals surface area contributed by atoms with Crippen molar-refractivity contribution in [1.29, 1.82) is 0 Å². The second kappa shape index (κ2) is 3.98. The van der Waals surface area contributed by atoms with E-state index in [1.165, 1.54) is 28.3 Å². The van der Waals surface area contributed by atoms with Crippen LogP contribution in [-0.4, -0.2) is 0 Å². The smallest absolute Gasteiger partial charge is 0.00324 e. The molecule has 3 rings (SSSR count). The molecule has 0 radical (unpaired) electrons. The number of benzene rings is 2. The molecule has 18 heavy (non-hydrogen) atoms. The van der Waals surface area contributed by atoms with Gasteiger partial charge in [0.15, 0.2) is 0 Å². The van der Waals surface area contributed by atoms with Crippen molar-refractivity contribution in [2.75, 3.05) is 0 Å². The largest absolute Gasteiger partial charge is 0.0763 e. The molecule has 0 saturated heterocycles. The molecule has 0 saturated carbocycles. The second-order valence-electron chi connectivity index (χ2n) is 6.52. The van der Waals surface area contributed by atoms with Gasteiger partial charge in [-0.2, -0.15) is 0 Å². The van der Waals surface area contributed by atoms with Crippen molar-refractivity contribution in [2.45, 2.75) is 33.1 Å². The molecule has 0 amide bonds. The highest BCUT2D eigenvalue weighted by molar-refractivity contribution is 5.93. The fraction of sp³-hybridized carbons (Fsp3) is 0.333. The standard InChI is InChI=1S/C18H20/c1-18(2,3)12-14-9-11-17-15-7-5-4-6-13(15)8-10-16(14)17/h4-11,14H,12H2,1-3H3. The molecule has 0 N–H and O–H groups in total. The maximum Gasteiger partial charge on any atom is 0.00324 e. The van der Waals surface area contributed by atoms with E-state index < -0.39 is 0 Å². The second-order valence-corrected chi connectivity index (χ2v) is 6.52. The van der Waals surface area contributed by atoms with Crippen LogP contribution < -0.4 is 0 Å². The summed E-state index contributed by atoms with van der Waals surface area (Å²) in [4.78, 5) is 0. The van der Waals surface area contributed by atoms with Gasteiger partial charge in [-0.3, -0.25) is 0 Å². The lowest BCUT2D eigenvalue weighted by Crippen LogP contribution is -2.09. The topological polar surface area (TPSA) is 0 Å². The van der Waals surface area contributed by atoms with Gasteiger partial charge in [0, 0.05) is 5.92 Å². The molecule has 0 heterocycles. The highest BCUT2D eigenvalue weighted by atomic mass is 14.3. The van der Waals surface area contributed by atoms with E-state index >= 15 is 0 Å². The molecule has 0 aromatic heterocycles. The van der Waals surface area contributed by atoms with Gasteiger partial charge in [-0.25, -0.2) is 0 Å². The highest BCUT2D eigenvalue weighted by Crippen LogP contribution is 2.40. The third-order valence-electron chi connectivity index (χ3n) is 3.73. The maximum absolute atomic E-state index is 2.38. The molecule has 92 valence electrons. The Bertz CT molecular complexity index is 611. The van der Waals surface area contributed by atoms with E-state index in [0.717, 1.165) is 0 Å². The first-order valence-corrected chi connectivity index (χ1v) is 6.74. The summed E-state index contributed by atoms with van der Waals surface area (Å²) in [5.41, 5.74) is 3.31. The van der Waals surface area contributed by atoms with Gasteiger partial charge >= 0.3 is 0 Å². The summed E-state index contributed by atoms with van der Waals surface area (Å²) in [6, 6.07) is 13.2. The Hall–Kier alpha value is -1.56. The Morgan fingerprint density at radius 2 is 1.78 bits per heavy atom. The molecule has 2 aromatic carbocycles. The van der Waals surface area contributed by atoms with Crippen LogP contribution in [0.25, 0.3) is 16.8 Å². The number of hydrogen-bond acceptors (Lipinski definition) is 0. The quantitative estimate of drug-likeness (QED) is 0.623. The summed E-state index contributed by atoms with van der Waals surface area (Å²) in [5.74, 6) is 0.588. The van der Waals surface area contributed by atoms with E-state index in [1.54, 1.807) is 0 Å². The average molecular weight is 236 g/mol. The van der Waals surface area contributed by atoms with Crippen molar-refractivity contribution < 1.29 is 0 Å². The molecule has 0 nitrogen and oxygen atoms in total. The maximum atomic E-state index is 2.38. The van der Waals surface area contributed by atoms with Crippen molar-refractivity contribution in [3.63, 3.8) is 0 Å². The van der Waals surface area contributed by atoms with Gasteiger partial charge in [-0.15, -0.1) is 0 Å². The van der Waals surface area contributed by atoms with Gasteiger partial charge in [0.05, 0.1) is 0 Å². The zero-order valence-corrected chi connectivity index (χ0v) is 11.4. The average Bonchev–Trinajstić information content (AvgIpc) is 2.71. The molecule has 0 heteroatoms. The predicted octanol–water partition coefficient (Wildman–Crippen LogP) is 5.39. The van der Waals surface area contributed by atoms with Crippen LogP contribution in [0.2, 0.25) is 0 Å². The van der Waals surface area contributed by atoms with E-state index in [2.05, 4.69) is 69.3 Å². The van der Waals surface area contributed by atoms with Gasteiger partial charge in [0.1, 0.15) is 0 Å². The minimum Gasteiger partial charge on any atom is -0.0763 e. The Kier molecular flexibility index (Phi) is 2.55. The molecule has 1 aliphatic rings. The van der Waals surface area contributed by atoms with Crippen LogP contribution in [0.4, 0.5) is 0 Å². The molecular weight excluding hydrogens is 216 g/mol. The normalized spacial score (nSPS) is 18.3. The first kappa shape index (κ1) is 11.5. The van der Waals surface area contributed by atoms with E-state index in [0.29, 0.717) is 11.3 Å². The predicted molar refractivity (Wildman–Crippen MR) is 79.8 cm³/mol. The number of rotatable bonds is 1. The first-order chi connectivity index (χ1) is 8.54. The molecule has 0 aliphatic heterocycles. The van der Waals surface area contributed by atoms with E-state index in [9.17, 15) is 0 Å². The van der Waals surface area contributed by atoms with Crippen LogP contribution >= 0.6 is 0 Å². The van der Waals surface area contributed by atoms with Crippen LogP contribution in [0.5, 0.6) is 0 Å². The monoisotopic (exact) mass is 236 g/mol. The number of hydrogen-bond donors (Lipinski definition) is 0. The van der Waals surface area contributed by atoms with Crippen molar-refractivity contribution >= 4 is 16.8 Å². The Balaban J connectivity index is 2.08. The molecule has 0 bridgehead atoms. The van der Waals surface area contributed by atoms with Crippen LogP contribution in [-0.2, 0) is 0 Å². The summed E-state index contributed by atoms with van der Waals surface area (Å²) in [7, 11) is 0. The van der Waals surface area contributed by atoms with Gasteiger partial charge in [-0.1, -0.05) is 69.3 Å². The Morgan fingerprint density at radius 1 is 1.00 bits per heavy atom. The van der Waals surface area contributed by atoms with E-state index in [1.807, 2.05) is 0 Å². The Labute approximate surface area is 109 Å². The zero-order valence-electron chi connectivity index (χ0n) is 11.4. The third-order valence-corrected chi connectivity index (χ3v) is 3.73. The van der Waals surface area contributed by atoms with E-state index in [4.69, 9.17) is 0 Å². The fourth-order valence-corrected chi connectivity index (χ4v) is 2.98.